The SMILES string of the molecule is FC(F)(F)Oc1cccc(Nc2cc(C3CC3)nc(NC3CC3)n2)c1. The highest BCUT2D eigenvalue weighted by Crippen LogP contribution is 2.40. The van der Waals surface area contributed by atoms with Crippen molar-refractivity contribution >= 4 is 17.5 Å². The molecule has 132 valence electrons. The van der Waals surface area contributed by atoms with Gasteiger partial charge in [0.25, 0.3) is 0 Å². The molecule has 1 heterocycles. The van der Waals surface area contributed by atoms with Crippen molar-refractivity contribution in [2.24, 2.45) is 0 Å². The molecule has 2 N–H and O–H groups in total. The van der Waals surface area contributed by atoms with Gasteiger partial charge in [0, 0.05) is 29.8 Å². The smallest absolute Gasteiger partial charge is 0.406 e. The number of ether oxygens (including phenoxy) is 1. The van der Waals surface area contributed by atoms with E-state index < -0.39 is 6.36 Å². The fraction of sp³-hybridized carbons (Fsp3) is 0.412. The molecule has 2 fully saturated rings. The van der Waals surface area contributed by atoms with Crippen molar-refractivity contribution in [3.63, 3.8) is 0 Å². The Balaban J connectivity index is 1.55. The van der Waals surface area contributed by atoms with E-state index in [0.717, 1.165) is 31.4 Å². The Morgan fingerprint density at radius 3 is 2.52 bits per heavy atom. The summed E-state index contributed by atoms with van der Waals surface area (Å²) in [4.78, 5) is 8.97. The molecule has 2 aliphatic rings. The quantitative estimate of drug-likeness (QED) is 0.799. The Morgan fingerprint density at radius 2 is 1.84 bits per heavy atom. The monoisotopic (exact) mass is 350 g/mol. The van der Waals surface area contributed by atoms with E-state index in [1.54, 1.807) is 6.07 Å². The Labute approximate surface area is 142 Å². The van der Waals surface area contributed by atoms with E-state index in [2.05, 4.69) is 25.3 Å². The van der Waals surface area contributed by atoms with Crippen molar-refractivity contribution < 1.29 is 17.9 Å². The molecule has 0 aliphatic heterocycles. The number of nitrogens with zero attached hydrogens (tertiary/aromatic N) is 2. The summed E-state index contributed by atoms with van der Waals surface area (Å²) in [6.07, 6.45) is -0.288. The molecule has 0 atom stereocenters. The van der Waals surface area contributed by atoms with Gasteiger partial charge in [-0.3, -0.25) is 0 Å². The molecule has 0 unspecified atom stereocenters. The summed E-state index contributed by atoms with van der Waals surface area (Å²) in [5, 5.41) is 6.32. The predicted molar refractivity (Wildman–Crippen MR) is 87.1 cm³/mol. The highest BCUT2D eigenvalue weighted by atomic mass is 19.4. The molecule has 0 saturated heterocycles. The van der Waals surface area contributed by atoms with Gasteiger partial charge in [0.15, 0.2) is 0 Å². The molecular weight excluding hydrogens is 333 g/mol. The molecule has 1 aromatic carbocycles. The van der Waals surface area contributed by atoms with Crippen LogP contribution in [0, 0.1) is 0 Å². The molecule has 2 aromatic rings. The number of benzene rings is 1. The van der Waals surface area contributed by atoms with Crippen LogP contribution in [-0.4, -0.2) is 22.4 Å². The van der Waals surface area contributed by atoms with Crippen LogP contribution < -0.4 is 15.4 Å². The predicted octanol–water partition coefficient (Wildman–Crippen LogP) is 4.57. The van der Waals surface area contributed by atoms with Gasteiger partial charge < -0.3 is 15.4 Å². The average Bonchev–Trinajstić information content (AvgIpc) is 3.40. The first kappa shape index (κ1) is 16.0. The first-order valence-corrected chi connectivity index (χ1v) is 8.23. The van der Waals surface area contributed by atoms with Crippen LogP contribution in [0.4, 0.5) is 30.6 Å². The van der Waals surface area contributed by atoms with Gasteiger partial charge in [0.05, 0.1) is 5.69 Å². The van der Waals surface area contributed by atoms with Gasteiger partial charge in [-0.1, -0.05) is 6.07 Å². The largest absolute Gasteiger partial charge is 0.573 e. The van der Waals surface area contributed by atoms with Gasteiger partial charge in [0.2, 0.25) is 5.95 Å². The van der Waals surface area contributed by atoms with E-state index in [0.29, 0.717) is 29.4 Å². The van der Waals surface area contributed by atoms with Crippen LogP contribution in [0.1, 0.15) is 37.3 Å². The third-order valence-electron chi connectivity index (χ3n) is 3.99. The van der Waals surface area contributed by atoms with Crippen LogP contribution >= 0.6 is 0 Å². The second kappa shape index (κ2) is 6.09. The highest BCUT2D eigenvalue weighted by Gasteiger charge is 2.31. The van der Waals surface area contributed by atoms with E-state index in [9.17, 15) is 13.2 Å². The minimum atomic E-state index is -4.71. The lowest BCUT2D eigenvalue weighted by Crippen LogP contribution is -2.17. The molecule has 0 bridgehead atoms. The van der Waals surface area contributed by atoms with Crippen molar-refractivity contribution in [3.8, 4) is 5.75 Å². The summed E-state index contributed by atoms with van der Waals surface area (Å²) in [6.45, 7) is 0. The van der Waals surface area contributed by atoms with Crippen LogP contribution in [0.2, 0.25) is 0 Å². The molecule has 25 heavy (non-hydrogen) atoms. The molecule has 5 nitrogen and oxygen atoms in total. The number of hydrogen-bond donors (Lipinski definition) is 2. The topological polar surface area (TPSA) is 59.1 Å². The first-order valence-electron chi connectivity index (χ1n) is 8.23. The lowest BCUT2D eigenvalue weighted by atomic mass is 10.2. The minimum absolute atomic E-state index is 0.273. The maximum absolute atomic E-state index is 12.4. The molecule has 2 aliphatic carbocycles. The molecule has 4 rings (SSSR count). The van der Waals surface area contributed by atoms with Crippen LogP contribution in [-0.2, 0) is 0 Å². The molecule has 1 aromatic heterocycles. The third-order valence-corrected chi connectivity index (χ3v) is 3.99. The number of aromatic nitrogens is 2. The summed E-state index contributed by atoms with van der Waals surface area (Å²) < 4.78 is 41.0. The van der Waals surface area contributed by atoms with Crippen molar-refractivity contribution in [1.29, 1.82) is 0 Å². The van der Waals surface area contributed by atoms with Crippen molar-refractivity contribution in [2.75, 3.05) is 10.6 Å². The minimum Gasteiger partial charge on any atom is -0.406 e. The summed E-state index contributed by atoms with van der Waals surface area (Å²) >= 11 is 0. The van der Waals surface area contributed by atoms with Crippen molar-refractivity contribution in [1.82, 2.24) is 9.97 Å². The van der Waals surface area contributed by atoms with Gasteiger partial charge in [-0.05, 0) is 37.8 Å². The van der Waals surface area contributed by atoms with Crippen LogP contribution in [0.3, 0.4) is 0 Å². The number of alkyl halides is 3. The maximum atomic E-state index is 12.4. The number of anilines is 3. The van der Waals surface area contributed by atoms with E-state index in [4.69, 9.17) is 0 Å². The molecule has 8 heteroatoms. The average molecular weight is 350 g/mol. The normalized spacial score (nSPS) is 17.2. The molecule has 2 saturated carbocycles. The second-order valence-electron chi connectivity index (χ2n) is 6.40. The van der Waals surface area contributed by atoms with E-state index in [1.807, 2.05) is 6.07 Å². The zero-order valence-corrected chi connectivity index (χ0v) is 13.3. The first-order chi connectivity index (χ1) is 11.9. The summed E-state index contributed by atoms with van der Waals surface area (Å²) in [5.41, 5.74) is 1.43. The second-order valence-corrected chi connectivity index (χ2v) is 6.40. The van der Waals surface area contributed by atoms with Crippen LogP contribution in [0.25, 0.3) is 0 Å². The zero-order valence-electron chi connectivity index (χ0n) is 13.3. The number of halogens is 3. The fourth-order valence-corrected chi connectivity index (χ4v) is 2.51. The van der Waals surface area contributed by atoms with Crippen molar-refractivity contribution in [3.05, 3.63) is 36.0 Å². The highest BCUT2D eigenvalue weighted by molar-refractivity contribution is 5.60. The van der Waals surface area contributed by atoms with Gasteiger partial charge >= 0.3 is 6.36 Å². The number of rotatable bonds is 6. The fourth-order valence-electron chi connectivity index (χ4n) is 2.51. The summed E-state index contributed by atoms with van der Waals surface area (Å²) in [5.74, 6) is 1.30. The lowest BCUT2D eigenvalue weighted by Gasteiger charge is -2.12. The van der Waals surface area contributed by atoms with Gasteiger partial charge in [-0.25, -0.2) is 4.98 Å². The zero-order chi connectivity index (χ0) is 17.4. The standard InChI is InChI=1S/C17H17F3N4O/c18-17(19,20)25-13-3-1-2-12(8-13)21-15-9-14(10-4-5-10)23-16(24-15)22-11-6-7-11/h1-3,8-11H,4-7H2,(H2,21,22,23,24). The van der Waals surface area contributed by atoms with Gasteiger partial charge in [-0.15, -0.1) is 13.2 Å². The van der Waals surface area contributed by atoms with Gasteiger partial charge in [-0.2, -0.15) is 4.98 Å². The molecule has 0 spiro atoms. The van der Waals surface area contributed by atoms with Gasteiger partial charge in [0.1, 0.15) is 11.6 Å². The van der Waals surface area contributed by atoms with E-state index in [-0.39, 0.29) is 5.75 Å². The molecular formula is C17H17F3N4O. The Hall–Kier alpha value is -2.51. The molecule has 0 radical (unpaired) electrons. The Morgan fingerprint density at radius 1 is 1.04 bits per heavy atom. The number of hydrogen-bond acceptors (Lipinski definition) is 5. The Kier molecular flexibility index (Phi) is 3.89. The summed E-state index contributed by atoms with van der Waals surface area (Å²) in [6, 6.07) is 7.99. The molecule has 0 amide bonds. The van der Waals surface area contributed by atoms with E-state index in [1.165, 1.54) is 18.2 Å². The Bertz CT molecular complexity index is 773. The maximum Gasteiger partial charge on any atom is 0.573 e. The van der Waals surface area contributed by atoms with E-state index >= 15 is 0 Å². The third kappa shape index (κ3) is 4.52. The van der Waals surface area contributed by atoms with Crippen molar-refractivity contribution in [2.45, 2.75) is 44.0 Å². The van der Waals surface area contributed by atoms with Crippen LogP contribution in [0.5, 0.6) is 5.75 Å². The van der Waals surface area contributed by atoms with Crippen LogP contribution in [0.15, 0.2) is 30.3 Å². The summed E-state index contributed by atoms with van der Waals surface area (Å²) in [7, 11) is 0. The lowest BCUT2D eigenvalue weighted by molar-refractivity contribution is -0.274. The number of nitrogens with one attached hydrogen (secondary N) is 2.